The van der Waals surface area contributed by atoms with Gasteiger partial charge in [0.05, 0.1) is 0 Å². The molecule has 1 fully saturated rings. The lowest BCUT2D eigenvalue weighted by atomic mass is 10.1. The molecule has 0 saturated carbocycles. The minimum atomic E-state index is -0.371. The van der Waals surface area contributed by atoms with Crippen LogP contribution in [0.2, 0.25) is 0 Å². The molecule has 6 nitrogen and oxygen atoms in total. The van der Waals surface area contributed by atoms with Crippen LogP contribution in [0.5, 0.6) is 0 Å². The second kappa shape index (κ2) is 16.1. The number of hydrogen-bond acceptors (Lipinski definition) is 3. The van der Waals surface area contributed by atoms with Gasteiger partial charge in [-0.2, -0.15) is 0 Å². The van der Waals surface area contributed by atoms with Gasteiger partial charge in [-0.05, 0) is 45.4 Å². The van der Waals surface area contributed by atoms with Crippen LogP contribution in [-0.4, -0.2) is 47.8 Å². The van der Waals surface area contributed by atoms with Crippen molar-refractivity contribution in [2.45, 2.75) is 123 Å². The number of nitrogens with one attached hydrogen (secondary N) is 2. The largest absolute Gasteiger partial charge is 0.356 e. The van der Waals surface area contributed by atoms with Gasteiger partial charge >= 0.3 is 0 Å². The average molecular weight is 428 g/mol. The summed E-state index contributed by atoms with van der Waals surface area (Å²) >= 11 is 0. The molecule has 0 radical (unpaired) electrons. The highest BCUT2D eigenvalue weighted by Crippen LogP contribution is 2.21. The highest BCUT2D eigenvalue weighted by molar-refractivity contribution is 5.88. The fraction of sp³-hybridized carbons (Fsp3) is 0.875. The molecule has 3 amide bonds. The molecule has 0 aromatic heterocycles. The molecule has 0 spiro atoms. The predicted molar refractivity (Wildman–Crippen MR) is 126 cm³/mol. The van der Waals surface area contributed by atoms with E-state index in [0.29, 0.717) is 31.8 Å². The summed E-state index contributed by atoms with van der Waals surface area (Å²) < 4.78 is 0. The average Bonchev–Trinajstić information content (AvgIpc) is 3.22. The second-order valence-electron chi connectivity index (χ2n) is 8.55. The molecule has 178 valence electrons. The molecule has 2 N–H and O–H groups in total. The summed E-state index contributed by atoms with van der Waals surface area (Å²) in [6.45, 7) is 7.58. The van der Waals surface area contributed by atoms with Crippen LogP contribution in [0.4, 0.5) is 0 Å². The summed E-state index contributed by atoms with van der Waals surface area (Å²) in [4.78, 5) is 38.4. The maximum Gasteiger partial charge on any atom is 0.245 e. The van der Waals surface area contributed by atoms with Gasteiger partial charge < -0.3 is 15.5 Å². The fourth-order valence-corrected chi connectivity index (χ4v) is 4.27. The third-order valence-electron chi connectivity index (χ3n) is 6.10. The van der Waals surface area contributed by atoms with E-state index in [1.807, 2.05) is 18.7 Å². The molecule has 0 aromatic rings. The summed E-state index contributed by atoms with van der Waals surface area (Å²) in [7, 11) is 0. The lowest BCUT2D eigenvalue weighted by Gasteiger charge is -2.28. The summed E-state index contributed by atoms with van der Waals surface area (Å²) in [5.41, 5.74) is 0. The fourth-order valence-electron chi connectivity index (χ4n) is 4.27. The Bertz CT molecular complexity index is 521. The van der Waals surface area contributed by atoms with Crippen LogP contribution >= 0.6 is 0 Å². The molecule has 1 heterocycles. The Kier molecular flexibility index (Phi) is 14.2. The van der Waals surface area contributed by atoms with Crippen molar-refractivity contribution in [3.05, 3.63) is 0 Å². The molecule has 0 aliphatic carbocycles. The van der Waals surface area contributed by atoms with Crippen LogP contribution in [0.3, 0.4) is 0 Å². The van der Waals surface area contributed by atoms with Crippen molar-refractivity contribution in [2.75, 3.05) is 13.1 Å². The van der Waals surface area contributed by atoms with Crippen molar-refractivity contribution < 1.29 is 17.2 Å². The molecular formula is C24H49N3O3. The van der Waals surface area contributed by atoms with E-state index in [2.05, 4.69) is 17.6 Å². The van der Waals surface area contributed by atoms with Gasteiger partial charge in [0.25, 0.3) is 0 Å². The van der Waals surface area contributed by atoms with Gasteiger partial charge in [-0.25, -0.2) is 0 Å². The van der Waals surface area contributed by atoms with Gasteiger partial charge in [0.1, 0.15) is 6.04 Å². The summed E-state index contributed by atoms with van der Waals surface area (Å²) in [6, 6.07) is -0.0268. The van der Waals surface area contributed by atoms with Gasteiger partial charge in [0.15, 0.2) is 0 Å². The van der Waals surface area contributed by atoms with Gasteiger partial charge in [0, 0.05) is 34.8 Å². The van der Waals surface area contributed by atoms with E-state index in [1.165, 1.54) is 19.3 Å². The van der Waals surface area contributed by atoms with Crippen LogP contribution in [0, 0.1) is 0 Å². The van der Waals surface area contributed by atoms with Crippen LogP contribution in [0.1, 0.15) is 114 Å². The van der Waals surface area contributed by atoms with Crippen molar-refractivity contribution in [2.24, 2.45) is 0 Å². The lowest BCUT2D eigenvalue weighted by Crippen LogP contribution is -2.49. The number of hydrogen-bond donors (Lipinski definition) is 2. The number of unbranched alkanes of at least 4 members (excludes halogenated alkanes) is 7. The molecule has 1 rings (SSSR count). The zero-order valence-electron chi connectivity index (χ0n) is 19.6. The van der Waals surface area contributed by atoms with Crippen LogP contribution in [0.25, 0.3) is 0 Å². The van der Waals surface area contributed by atoms with E-state index >= 15 is 0 Å². The third kappa shape index (κ3) is 10.4. The summed E-state index contributed by atoms with van der Waals surface area (Å²) in [5.74, 6) is 0.267. The van der Waals surface area contributed by atoms with Crippen LogP contribution in [-0.2, 0) is 14.4 Å². The molecule has 30 heavy (non-hydrogen) atoms. The molecular weight excluding hydrogens is 378 g/mol. The van der Waals surface area contributed by atoms with E-state index in [0.717, 1.165) is 57.9 Å². The van der Waals surface area contributed by atoms with Gasteiger partial charge in [-0.3, -0.25) is 14.4 Å². The van der Waals surface area contributed by atoms with E-state index in [9.17, 15) is 14.4 Å². The van der Waals surface area contributed by atoms with Gasteiger partial charge in [-0.15, -0.1) is 0 Å². The van der Waals surface area contributed by atoms with Crippen molar-refractivity contribution in [1.29, 1.82) is 0 Å². The van der Waals surface area contributed by atoms with Crippen LogP contribution < -0.4 is 10.6 Å². The smallest absolute Gasteiger partial charge is 0.245 e. The first kappa shape index (κ1) is 26.4. The number of rotatable bonds is 16. The first-order valence-electron chi connectivity index (χ1n) is 12.4. The lowest BCUT2D eigenvalue weighted by molar-refractivity contribution is -0.137. The number of carbonyl (C=O) groups is 3. The van der Waals surface area contributed by atoms with E-state index in [-0.39, 0.29) is 26.6 Å². The molecule has 0 unspecified atom stereocenters. The molecule has 0 aromatic carbocycles. The Morgan fingerprint density at radius 3 is 2.00 bits per heavy atom. The summed E-state index contributed by atoms with van der Waals surface area (Å²) in [5, 5.41) is 5.80. The van der Waals surface area contributed by atoms with E-state index in [4.69, 9.17) is 0 Å². The van der Waals surface area contributed by atoms with Gasteiger partial charge in [-0.1, -0.05) is 52.4 Å². The Hall–Kier alpha value is -1.59. The van der Waals surface area contributed by atoms with Crippen LogP contribution in [0.15, 0.2) is 0 Å². The second-order valence-corrected chi connectivity index (χ2v) is 8.55. The number of carbonyl (C=O) groups excluding carboxylic acids is 3. The van der Waals surface area contributed by atoms with Crippen molar-refractivity contribution in [3.63, 3.8) is 0 Å². The Morgan fingerprint density at radius 2 is 1.47 bits per heavy atom. The highest BCUT2D eigenvalue weighted by atomic mass is 16.2. The maximum atomic E-state index is 12.8. The quantitative estimate of drug-likeness (QED) is 0.347. The number of nitrogens with zero attached hydrogens (tertiary/aromatic N) is 1. The third-order valence-corrected chi connectivity index (χ3v) is 6.10. The highest BCUT2D eigenvalue weighted by Gasteiger charge is 2.31. The zero-order chi connectivity index (χ0) is 22.2. The standard InChI is InChI=1S/C24H45N3O3.2H2/c1-4-20-16-15-19-27(20)24(30)21(5-2)26-23(29)18-14-12-10-8-7-9-11-13-17-22(28)25-6-3;;/h20-21H,4-19H2,1-3H3,(H,25,28)(H,26,29);2*1H/t20-,21+;;/m1../s1. The number of amides is 3. The monoisotopic (exact) mass is 427 g/mol. The van der Waals surface area contributed by atoms with Crippen molar-refractivity contribution in [1.82, 2.24) is 15.5 Å². The Balaban J connectivity index is 0. The minimum absolute atomic E-state index is 0. The predicted octanol–water partition coefficient (Wildman–Crippen LogP) is 4.81. The molecule has 6 heteroatoms. The molecule has 1 aliphatic heterocycles. The van der Waals surface area contributed by atoms with Gasteiger partial charge in [0.2, 0.25) is 17.7 Å². The molecule has 1 aliphatic rings. The SMILES string of the molecule is CCNC(=O)CCCCCCCCCCC(=O)N[C@@H](CC)C(=O)N1CCC[C@H]1CC.[HH].[HH]. The minimum Gasteiger partial charge on any atom is -0.356 e. The molecule has 0 bridgehead atoms. The van der Waals surface area contributed by atoms with E-state index in [1.54, 1.807) is 0 Å². The maximum absolute atomic E-state index is 12.8. The first-order valence-corrected chi connectivity index (χ1v) is 12.4. The first-order chi connectivity index (χ1) is 14.5. The Labute approximate surface area is 186 Å². The number of likely N-dealkylation sites (tertiary alicyclic amines) is 1. The van der Waals surface area contributed by atoms with E-state index < -0.39 is 0 Å². The molecule has 2 atom stereocenters. The molecule has 1 saturated heterocycles. The van der Waals surface area contributed by atoms with Crippen molar-refractivity contribution in [3.8, 4) is 0 Å². The zero-order valence-corrected chi connectivity index (χ0v) is 19.6. The normalized spacial score (nSPS) is 17.0. The summed E-state index contributed by atoms with van der Waals surface area (Å²) in [6.07, 6.45) is 13.7. The van der Waals surface area contributed by atoms with Crippen molar-refractivity contribution >= 4 is 17.7 Å². The Morgan fingerprint density at radius 1 is 0.900 bits per heavy atom. The topological polar surface area (TPSA) is 78.5 Å².